The number of nitrogens with zero attached hydrogens (tertiary/aromatic N) is 1. The van der Waals surface area contributed by atoms with Gasteiger partial charge in [0.05, 0.1) is 0 Å². The third-order valence-corrected chi connectivity index (χ3v) is 5.46. The summed E-state index contributed by atoms with van der Waals surface area (Å²) in [4.78, 5) is 14.3. The van der Waals surface area contributed by atoms with Crippen molar-refractivity contribution >= 4 is 17.7 Å². The molecule has 0 aliphatic carbocycles. The highest BCUT2D eigenvalue weighted by atomic mass is 32.2. The van der Waals surface area contributed by atoms with Crippen LogP contribution in [0.4, 0.5) is 0 Å². The number of carbonyl (C=O) groups is 1. The van der Waals surface area contributed by atoms with Gasteiger partial charge in [0.25, 0.3) is 0 Å². The number of carbonyl (C=O) groups excluding carboxylic acids is 1. The van der Waals surface area contributed by atoms with Crippen LogP contribution in [0.25, 0.3) is 0 Å². The number of thioether (sulfide) groups is 1. The van der Waals surface area contributed by atoms with Crippen molar-refractivity contribution in [1.82, 2.24) is 4.90 Å². The molecule has 3 unspecified atom stereocenters. The first-order valence-corrected chi connectivity index (χ1v) is 8.26. The van der Waals surface area contributed by atoms with Gasteiger partial charge in [-0.25, -0.2) is 0 Å². The van der Waals surface area contributed by atoms with Gasteiger partial charge in [-0.15, -0.1) is 0 Å². The van der Waals surface area contributed by atoms with Gasteiger partial charge in [0.2, 0.25) is 5.91 Å². The summed E-state index contributed by atoms with van der Waals surface area (Å²) in [6, 6.07) is 0.380. The Morgan fingerprint density at radius 1 is 1.44 bits per heavy atom. The topological polar surface area (TPSA) is 46.3 Å². The van der Waals surface area contributed by atoms with E-state index in [1.165, 1.54) is 0 Å². The average molecular weight is 272 g/mol. The van der Waals surface area contributed by atoms with Gasteiger partial charge in [0.1, 0.15) is 0 Å². The predicted molar refractivity (Wildman–Crippen MR) is 79.8 cm³/mol. The van der Waals surface area contributed by atoms with Crippen LogP contribution in [-0.4, -0.2) is 40.9 Å². The van der Waals surface area contributed by atoms with E-state index in [2.05, 4.69) is 25.7 Å². The van der Waals surface area contributed by atoms with Crippen LogP contribution >= 0.6 is 11.8 Å². The molecule has 1 aliphatic rings. The molecule has 1 saturated heterocycles. The molecule has 0 aromatic carbocycles. The second-order valence-corrected chi connectivity index (χ2v) is 6.78. The number of rotatable bonds is 6. The summed E-state index contributed by atoms with van der Waals surface area (Å²) < 4.78 is 0. The molecule has 1 fully saturated rings. The summed E-state index contributed by atoms with van der Waals surface area (Å²) in [6.45, 7) is 8.24. The molecule has 0 bridgehead atoms. The molecule has 1 heterocycles. The average Bonchev–Trinajstić information content (AvgIpc) is 2.37. The maximum Gasteiger partial charge on any atom is 0.222 e. The van der Waals surface area contributed by atoms with E-state index in [1.54, 1.807) is 0 Å². The first-order valence-electron chi connectivity index (χ1n) is 7.21. The van der Waals surface area contributed by atoms with Crippen LogP contribution in [0.5, 0.6) is 0 Å². The molecule has 2 N–H and O–H groups in total. The third kappa shape index (κ3) is 4.47. The Morgan fingerprint density at radius 3 is 2.78 bits per heavy atom. The molecule has 3 atom stereocenters. The molecule has 0 spiro atoms. The predicted octanol–water partition coefficient (Wildman–Crippen LogP) is 2.49. The fourth-order valence-electron chi connectivity index (χ4n) is 2.54. The number of hydrogen-bond donors (Lipinski definition) is 1. The Kier molecular flexibility index (Phi) is 7.08. The summed E-state index contributed by atoms with van der Waals surface area (Å²) in [7, 11) is 0. The zero-order chi connectivity index (χ0) is 13.5. The first kappa shape index (κ1) is 15.8. The highest BCUT2D eigenvalue weighted by Gasteiger charge is 2.28. The van der Waals surface area contributed by atoms with Crippen LogP contribution in [-0.2, 0) is 4.79 Å². The van der Waals surface area contributed by atoms with Gasteiger partial charge < -0.3 is 10.6 Å². The molecule has 106 valence electrons. The van der Waals surface area contributed by atoms with Gasteiger partial charge in [-0.1, -0.05) is 20.3 Å². The Morgan fingerprint density at radius 2 is 2.17 bits per heavy atom. The van der Waals surface area contributed by atoms with Crippen LogP contribution in [0.1, 0.15) is 46.5 Å². The standard InChI is InChI=1S/C14H28N2OS/c1-4-13(7-8-15)5-6-14(17)16-9-10-18-12(3)11(16)2/h11-13H,4-10,15H2,1-3H3. The van der Waals surface area contributed by atoms with Gasteiger partial charge >= 0.3 is 0 Å². The zero-order valence-corrected chi connectivity index (χ0v) is 12.8. The van der Waals surface area contributed by atoms with Crippen molar-refractivity contribution in [3.05, 3.63) is 0 Å². The maximum absolute atomic E-state index is 12.3. The highest BCUT2D eigenvalue weighted by Crippen LogP contribution is 2.25. The van der Waals surface area contributed by atoms with Gasteiger partial charge in [0.15, 0.2) is 0 Å². The summed E-state index contributed by atoms with van der Waals surface area (Å²) in [5, 5.41) is 0.564. The summed E-state index contributed by atoms with van der Waals surface area (Å²) >= 11 is 1.97. The third-order valence-electron chi connectivity index (χ3n) is 4.12. The van der Waals surface area contributed by atoms with E-state index >= 15 is 0 Å². The molecule has 0 saturated carbocycles. The van der Waals surface area contributed by atoms with Crippen molar-refractivity contribution in [1.29, 1.82) is 0 Å². The molecule has 0 aromatic heterocycles. The van der Waals surface area contributed by atoms with Crippen LogP contribution < -0.4 is 5.73 Å². The van der Waals surface area contributed by atoms with Crippen molar-refractivity contribution in [3.8, 4) is 0 Å². The van der Waals surface area contributed by atoms with E-state index in [-0.39, 0.29) is 0 Å². The molecule has 1 aliphatic heterocycles. The Hall–Kier alpha value is -0.220. The monoisotopic (exact) mass is 272 g/mol. The number of hydrogen-bond acceptors (Lipinski definition) is 3. The highest BCUT2D eigenvalue weighted by molar-refractivity contribution is 8.00. The smallest absolute Gasteiger partial charge is 0.222 e. The van der Waals surface area contributed by atoms with Crippen molar-refractivity contribution in [2.24, 2.45) is 11.7 Å². The first-order chi connectivity index (χ1) is 8.60. The van der Waals surface area contributed by atoms with E-state index in [0.717, 1.165) is 38.1 Å². The lowest BCUT2D eigenvalue weighted by Crippen LogP contribution is -2.48. The fraction of sp³-hybridized carbons (Fsp3) is 0.929. The van der Waals surface area contributed by atoms with Crippen molar-refractivity contribution in [2.75, 3.05) is 18.8 Å². The van der Waals surface area contributed by atoms with Crippen molar-refractivity contribution in [3.63, 3.8) is 0 Å². The lowest BCUT2D eigenvalue weighted by molar-refractivity contribution is -0.133. The quantitative estimate of drug-likeness (QED) is 0.808. The number of amides is 1. The molecule has 1 rings (SSSR count). The minimum absolute atomic E-state index is 0.338. The van der Waals surface area contributed by atoms with Gasteiger partial charge in [-0.2, -0.15) is 11.8 Å². The number of nitrogens with two attached hydrogens (primary N) is 1. The maximum atomic E-state index is 12.3. The van der Waals surface area contributed by atoms with E-state index in [9.17, 15) is 4.79 Å². The normalized spacial score (nSPS) is 26.1. The van der Waals surface area contributed by atoms with Crippen molar-refractivity contribution in [2.45, 2.75) is 57.7 Å². The molecule has 18 heavy (non-hydrogen) atoms. The van der Waals surface area contributed by atoms with E-state index < -0.39 is 0 Å². The van der Waals surface area contributed by atoms with E-state index in [1.807, 2.05) is 11.8 Å². The van der Waals surface area contributed by atoms with Crippen molar-refractivity contribution < 1.29 is 4.79 Å². The largest absolute Gasteiger partial charge is 0.338 e. The second-order valence-electron chi connectivity index (χ2n) is 5.29. The Balaban J connectivity index is 2.39. The summed E-state index contributed by atoms with van der Waals surface area (Å²) in [5.41, 5.74) is 5.60. The summed E-state index contributed by atoms with van der Waals surface area (Å²) in [5.74, 6) is 2.04. The van der Waals surface area contributed by atoms with Crippen LogP contribution in [0.3, 0.4) is 0 Å². The Bertz CT molecular complexity index is 260. The van der Waals surface area contributed by atoms with Crippen LogP contribution in [0.2, 0.25) is 0 Å². The lowest BCUT2D eigenvalue weighted by atomic mass is 9.96. The van der Waals surface area contributed by atoms with Crippen LogP contribution in [0, 0.1) is 5.92 Å². The molecule has 0 aromatic rings. The molecular formula is C14H28N2OS. The van der Waals surface area contributed by atoms with Gasteiger partial charge in [-0.3, -0.25) is 4.79 Å². The second kappa shape index (κ2) is 8.05. The zero-order valence-electron chi connectivity index (χ0n) is 12.0. The van der Waals surface area contributed by atoms with E-state index in [4.69, 9.17) is 5.73 Å². The molecule has 4 heteroatoms. The van der Waals surface area contributed by atoms with Crippen LogP contribution in [0.15, 0.2) is 0 Å². The minimum atomic E-state index is 0.338. The van der Waals surface area contributed by atoms with E-state index in [0.29, 0.717) is 29.5 Å². The lowest BCUT2D eigenvalue weighted by Gasteiger charge is -2.37. The van der Waals surface area contributed by atoms with Gasteiger partial charge in [-0.05, 0) is 32.2 Å². The fourth-order valence-corrected chi connectivity index (χ4v) is 3.64. The SMILES string of the molecule is CCC(CCN)CCC(=O)N1CCSC(C)C1C. The molecular weight excluding hydrogens is 244 g/mol. The molecule has 3 nitrogen and oxygen atoms in total. The minimum Gasteiger partial charge on any atom is -0.338 e. The molecule has 0 radical (unpaired) electrons. The Labute approximate surface area is 116 Å². The molecule has 1 amide bonds. The van der Waals surface area contributed by atoms with Gasteiger partial charge in [0, 0.05) is 30.0 Å². The summed E-state index contributed by atoms with van der Waals surface area (Å²) in [6.07, 6.45) is 3.87.